The predicted octanol–water partition coefficient (Wildman–Crippen LogP) is 0.0142. The van der Waals surface area contributed by atoms with Crippen LogP contribution in [0.3, 0.4) is 0 Å². The minimum Gasteiger partial charge on any atom is -0.375 e. The monoisotopic (exact) mass is 281 g/mol. The average molecular weight is 281 g/mol. The van der Waals surface area contributed by atoms with E-state index in [0.29, 0.717) is 13.2 Å². The van der Waals surface area contributed by atoms with E-state index in [2.05, 4.69) is 5.32 Å². The van der Waals surface area contributed by atoms with E-state index >= 15 is 0 Å². The Bertz CT molecular complexity index is 208. The largest absolute Gasteiger partial charge is 0.375 e. The van der Waals surface area contributed by atoms with Crippen LogP contribution in [-0.4, -0.2) is 61.7 Å². The Morgan fingerprint density at radius 1 is 0.737 bits per heavy atom. The lowest BCUT2D eigenvalue weighted by molar-refractivity contribution is -0.336. The summed E-state index contributed by atoms with van der Waals surface area (Å²) in [6.07, 6.45) is 0. The number of ether oxygens (including phenoxy) is 4. The Morgan fingerprint density at radius 2 is 1.11 bits per heavy atom. The smallest absolute Gasteiger partial charge is 0.253 e. The summed E-state index contributed by atoms with van der Waals surface area (Å²) in [4.78, 5) is 0. The van der Waals surface area contributed by atoms with E-state index in [-0.39, 0.29) is 26.4 Å². The van der Waals surface area contributed by atoms with Crippen LogP contribution in [0.25, 0.3) is 0 Å². The summed E-state index contributed by atoms with van der Waals surface area (Å²) in [6, 6.07) is 0. The molecule has 0 bridgehead atoms. The zero-order valence-electron chi connectivity index (χ0n) is 12.3. The lowest BCUT2D eigenvalue weighted by Crippen LogP contribution is -2.65. The molecule has 2 unspecified atom stereocenters. The molecule has 0 fully saturated rings. The SMILES string of the molecule is CCOCC(O)(NC(O)(COCC)OCC)OCC. The van der Waals surface area contributed by atoms with Gasteiger partial charge in [0, 0.05) is 26.4 Å². The lowest BCUT2D eigenvalue weighted by atomic mass is 10.4. The van der Waals surface area contributed by atoms with Crippen molar-refractivity contribution in [2.24, 2.45) is 0 Å². The van der Waals surface area contributed by atoms with Crippen molar-refractivity contribution in [1.82, 2.24) is 5.32 Å². The molecule has 116 valence electrons. The van der Waals surface area contributed by atoms with Crippen LogP contribution in [0.2, 0.25) is 0 Å². The van der Waals surface area contributed by atoms with E-state index in [4.69, 9.17) is 18.9 Å². The number of hydrogen-bond acceptors (Lipinski definition) is 7. The standard InChI is InChI=1S/C12H27NO6/c1-5-16-9-11(14,18-7-3)13-12(15,19-8-4)10-17-6-2/h13-15H,5-10H2,1-4H3. The number of rotatable bonds is 12. The van der Waals surface area contributed by atoms with Crippen molar-refractivity contribution in [2.75, 3.05) is 39.6 Å². The van der Waals surface area contributed by atoms with Crippen molar-refractivity contribution in [1.29, 1.82) is 0 Å². The minimum absolute atomic E-state index is 0.140. The maximum absolute atomic E-state index is 10.3. The Kier molecular flexibility index (Phi) is 9.46. The van der Waals surface area contributed by atoms with Crippen LogP contribution in [0.1, 0.15) is 27.7 Å². The molecule has 2 atom stereocenters. The first-order valence-electron chi connectivity index (χ1n) is 6.62. The fourth-order valence-electron chi connectivity index (χ4n) is 1.49. The number of hydrogen-bond donors (Lipinski definition) is 3. The third kappa shape index (κ3) is 7.78. The maximum Gasteiger partial charge on any atom is 0.253 e. The van der Waals surface area contributed by atoms with E-state index < -0.39 is 11.8 Å². The maximum atomic E-state index is 10.3. The highest BCUT2D eigenvalue weighted by atomic mass is 16.7. The van der Waals surface area contributed by atoms with Gasteiger partial charge in [-0.1, -0.05) is 0 Å². The van der Waals surface area contributed by atoms with Crippen LogP contribution < -0.4 is 5.32 Å². The molecule has 0 spiro atoms. The molecule has 0 amide bonds. The van der Waals surface area contributed by atoms with Crippen molar-refractivity contribution < 1.29 is 29.2 Å². The van der Waals surface area contributed by atoms with Crippen molar-refractivity contribution in [2.45, 2.75) is 39.5 Å². The number of nitrogens with one attached hydrogen (secondary N) is 1. The van der Waals surface area contributed by atoms with Gasteiger partial charge in [0.15, 0.2) is 0 Å². The first kappa shape index (κ1) is 18.7. The van der Waals surface area contributed by atoms with Crippen LogP contribution in [0.4, 0.5) is 0 Å². The van der Waals surface area contributed by atoms with E-state index in [1.54, 1.807) is 27.7 Å². The van der Waals surface area contributed by atoms with Crippen LogP contribution in [0.15, 0.2) is 0 Å². The van der Waals surface area contributed by atoms with Gasteiger partial charge in [-0.2, -0.15) is 0 Å². The van der Waals surface area contributed by atoms with Crippen LogP contribution >= 0.6 is 0 Å². The number of aliphatic hydroxyl groups is 2. The van der Waals surface area contributed by atoms with Crippen LogP contribution in [-0.2, 0) is 18.9 Å². The van der Waals surface area contributed by atoms with Gasteiger partial charge in [-0.15, -0.1) is 0 Å². The Labute approximate surface area is 114 Å². The first-order chi connectivity index (χ1) is 8.95. The molecule has 0 aromatic rings. The molecule has 3 N–H and O–H groups in total. The van der Waals surface area contributed by atoms with Gasteiger partial charge < -0.3 is 29.2 Å². The van der Waals surface area contributed by atoms with Crippen molar-refractivity contribution in [3.05, 3.63) is 0 Å². The molecular formula is C12H27NO6. The van der Waals surface area contributed by atoms with Gasteiger partial charge in [0.25, 0.3) is 11.8 Å². The third-order valence-corrected chi connectivity index (χ3v) is 2.16. The zero-order chi connectivity index (χ0) is 14.8. The van der Waals surface area contributed by atoms with Gasteiger partial charge in [0.05, 0.1) is 0 Å². The van der Waals surface area contributed by atoms with E-state index in [9.17, 15) is 10.2 Å². The van der Waals surface area contributed by atoms with Gasteiger partial charge in [-0.05, 0) is 27.7 Å². The highest BCUT2D eigenvalue weighted by Crippen LogP contribution is 2.13. The highest BCUT2D eigenvalue weighted by molar-refractivity contribution is 4.73. The van der Waals surface area contributed by atoms with Crippen molar-refractivity contribution in [3.63, 3.8) is 0 Å². The molecule has 0 aliphatic carbocycles. The summed E-state index contributed by atoms with van der Waals surface area (Å²) in [5.41, 5.74) is 0. The third-order valence-electron chi connectivity index (χ3n) is 2.16. The fourth-order valence-corrected chi connectivity index (χ4v) is 1.49. The van der Waals surface area contributed by atoms with E-state index in [1.165, 1.54) is 0 Å². The van der Waals surface area contributed by atoms with Gasteiger partial charge in [-0.25, -0.2) is 5.32 Å². The molecular weight excluding hydrogens is 254 g/mol. The fraction of sp³-hybridized carbons (Fsp3) is 1.00. The molecule has 0 heterocycles. The molecule has 0 radical (unpaired) electrons. The summed E-state index contributed by atoms with van der Waals surface area (Å²) < 4.78 is 20.6. The molecule has 7 heteroatoms. The molecule has 0 saturated carbocycles. The predicted molar refractivity (Wildman–Crippen MR) is 69.3 cm³/mol. The average Bonchev–Trinajstić information content (AvgIpc) is 2.34. The molecule has 0 rings (SSSR count). The van der Waals surface area contributed by atoms with Gasteiger partial charge in [0.1, 0.15) is 13.2 Å². The van der Waals surface area contributed by atoms with Crippen LogP contribution in [0.5, 0.6) is 0 Å². The second-order valence-electron chi connectivity index (χ2n) is 3.83. The van der Waals surface area contributed by atoms with E-state index in [0.717, 1.165) is 0 Å². The van der Waals surface area contributed by atoms with Crippen LogP contribution in [0, 0.1) is 0 Å². The summed E-state index contributed by atoms with van der Waals surface area (Å²) in [5.74, 6) is -3.68. The molecule has 0 saturated heterocycles. The molecule has 19 heavy (non-hydrogen) atoms. The lowest BCUT2D eigenvalue weighted by Gasteiger charge is -2.37. The van der Waals surface area contributed by atoms with Crippen molar-refractivity contribution in [3.8, 4) is 0 Å². The Balaban J connectivity index is 4.70. The molecule has 0 aromatic heterocycles. The molecule has 0 aromatic carbocycles. The van der Waals surface area contributed by atoms with Crippen molar-refractivity contribution >= 4 is 0 Å². The van der Waals surface area contributed by atoms with E-state index in [1.807, 2.05) is 0 Å². The summed E-state index contributed by atoms with van der Waals surface area (Å²) in [6.45, 7) is 8.06. The van der Waals surface area contributed by atoms with Gasteiger partial charge in [0.2, 0.25) is 0 Å². The molecule has 7 nitrogen and oxygen atoms in total. The summed E-state index contributed by atoms with van der Waals surface area (Å²) in [7, 11) is 0. The van der Waals surface area contributed by atoms with Gasteiger partial charge in [-0.3, -0.25) is 0 Å². The topological polar surface area (TPSA) is 89.4 Å². The second kappa shape index (κ2) is 9.60. The second-order valence-corrected chi connectivity index (χ2v) is 3.83. The quantitative estimate of drug-likeness (QED) is 0.434. The highest BCUT2D eigenvalue weighted by Gasteiger charge is 2.40. The zero-order valence-corrected chi connectivity index (χ0v) is 12.3. The normalized spacial score (nSPS) is 18.0. The summed E-state index contributed by atoms with van der Waals surface area (Å²) >= 11 is 0. The molecule has 0 aliphatic rings. The minimum atomic E-state index is -1.84. The Hall–Kier alpha value is -0.280. The first-order valence-corrected chi connectivity index (χ1v) is 6.62. The molecule has 0 aliphatic heterocycles. The summed E-state index contributed by atoms with van der Waals surface area (Å²) in [5, 5.41) is 23.0. The Morgan fingerprint density at radius 3 is 1.37 bits per heavy atom. The van der Waals surface area contributed by atoms with Gasteiger partial charge >= 0.3 is 0 Å².